The first-order valence-electron chi connectivity index (χ1n) is 7.46. The Hall–Kier alpha value is -1.36. The lowest BCUT2D eigenvalue weighted by Crippen LogP contribution is -2.31. The lowest BCUT2D eigenvalue weighted by Gasteiger charge is -2.18. The van der Waals surface area contributed by atoms with Crippen LogP contribution in [-0.4, -0.2) is 17.4 Å². The molecule has 0 bridgehead atoms. The van der Waals surface area contributed by atoms with Crippen LogP contribution in [0.25, 0.3) is 0 Å². The smallest absolute Gasteiger partial charge is 0.261 e. The SMILES string of the molecule is C=CCN(C(=O)c1cc(Cl)ccc1Cl)c1nc2c(s1)CCCC2. The van der Waals surface area contributed by atoms with E-state index in [4.69, 9.17) is 23.2 Å². The first kappa shape index (κ1) is 16.5. The number of rotatable bonds is 4. The van der Waals surface area contributed by atoms with Crippen molar-refractivity contribution in [2.75, 3.05) is 11.4 Å². The molecule has 0 saturated carbocycles. The van der Waals surface area contributed by atoms with E-state index >= 15 is 0 Å². The Morgan fingerprint density at radius 2 is 2.13 bits per heavy atom. The number of anilines is 1. The van der Waals surface area contributed by atoms with E-state index in [1.807, 2.05) is 0 Å². The van der Waals surface area contributed by atoms with Crippen LogP contribution in [0.2, 0.25) is 10.0 Å². The first-order chi connectivity index (χ1) is 11.1. The van der Waals surface area contributed by atoms with Crippen LogP contribution in [0.15, 0.2) is 30.9 Å². The number of hydrogen-bond acceptors (Lipinski definition) is 3. The Kier molecular flexibility index (Phi) is 5.05. The fourth-order valence-electron chi connectivity index (χ4n) is 2.64. The molecule has 0 N–H and O–H groups in total. The van der Waals surface area contributed by atoms with Crippen molar-refractivity contribution < 1.29 is 4.79 Å². The van der Waals surface area contributed by atoms with Gasteiger partial charge in [0, 0.05) is 16.4 Å². The van der Waals surface area contributed by atoms with Gasteiger partial charge in [0.05, 0.1) is 16.3 Å². The van der Waals surface area contributed by atoms with E-state index in [0.29, 0.717) is 27.3 Å². The van der Waals surface area contributed by atoms with E-state index in [1.54, 1.807) is 40.5 Å². The minimum atomic E-state index is -0.205. The minimum Gasteiger partial charge on any atom is -0.280 e. The molecule has 1 aliphatic rings. The molecule has 1 heterocycles. The summed E-state index contributed by atoms with van der Waals surface area (Å²) >= 11 is 13.8. The van der Waals surface area contributed by atoms with Crippen molar-refractivity contribution in [1.29, 1.82) is 0 Å². The molecule has 0 unspecified atom stereocenters. The van der Waals surface area contributed by atoms with Crippen LogP contribution in [0.5, 0.6) is 0 Å². The number of benzene rings is 1. The average molecular weight is 367 g/mol. The first-order valence-corrected chi connectivity index (χ1v) is 9.04. The Morgan fingerprint density at radius 3 is 2.87 bits per heavy atom. The number of halogens is 2. The van der Waals surface area contributed by atoms with Gasteiger partial charge >= 0.3 is 0 Å². The molecule has 0 atom stereocenters. The second-order valence-electron chi connectivity index (χ2n) is 5.40. The molecular weight excluding hydrogens is 351 g/mol. The van der Waals surface area contributed by atoms with E-state index < -0.39 is 0 Å². The van der Waals surface area contributed by atoms with Gasteiger partial charge in [-0.3, -0.25) is 9.69 Å². The van der Waals surface area contributed by atoms with Gasteiger partial charge < -0.3 is 0 Å². The number of carbonyl (C=O) groups is 1. The summed E-state index contributed by atoms with van der Waals surface area (Å²) in [5.41, 5.74) is 1.50. The van der Waals surface area contributed by atoms with Gasteiger partial charge in [-0.1, -0.05) is 29.3 Å². The quantitative estimate of drug-likeness (QED) is 0.699. The van der Waals surface area contributed by atoms with Crippen LogP contribution >= 0.6 is 34.5 Å². The van der Waals surface area contributed by atoms with Gasteiger partial charge in [-0.05, 0) is 43.9 Å². The molecule has 0 saturated heterocycles. The lowest BCUT2D eigenvalue weighted by molar-refractivity contribution is 0.0990. The van der Waals surface area contributed by atoms with E-state index in [0.717, 1.165) is 25.0 Å². The van der Waals surface area contributed by atoms with Crippen LogP contribution in [0.4, 0.5) is 5.13 Å². The molecule has 0 spiro atoms. The van der Waals surface area contributed by atoms with Crippen molar-refractivity contribution in [2.45, 2.75) is 25.7 Å². The third-order valence-corrected chi connectivity index (χ3v) is 5.53. The van der Waals surface area contributed by atoms with Gasteiger partial charge in [0.15, 0.2) is 5.13 Å². The molecule has 0 radical (unpaired) electrons. The number of nitrogens with zero attached hydrogens (tertiary/aromatic N) is 2. The predicted molar refractivity (Wildman–Crippen MR) is 97.1 cm³/mol. The maximum absolute atomic E-state index is 12.9. The molecule has 1 aromatic carbocycles. The van der Waals surface area contributed by atoms with E-state index in [1.165, 1.54) is 11.3 Å². The Bertz CT molecular complexity index is 734. The number of aromatic nitrogens is 1. The molecule has 3 nitrogen and oxygen atoms in total. The number of hydrogen-bond donors (Lipinski definition) is 0. The topological polar surface area (TPSA) is 33.2 Å². The normalized spacial score (nSPS) is 13.5. The highest BCUT2D eigenvalue weighted by Gasteiger charge is 2.24. The van der Waals surface area contributed by atoms with Crippen molar-refractivity contribution in [3.63, 3.8) is 0 Å². The Morgan fingerprint density at radius 1 is 1.35 bits per heavy atom. The second kappa shape index (κ2) is 7.04. The number of thiazole rings is 1. The highest BCUT2D eigenvalue weighted by Crippen LogP contribution is 2.33. The molecule has 1 aliphatic carbocycles. The summed E-state index contributed by atoms with van der Waals surface area (Å²) in [6, 6.07) is 4.90. The third kappa shape index (κ3) is 3.44. The highest BCUT2D eigenvalue weighted by atomic mass is 35.5. The summed E-state index contributed by atoms with van der Waals surface area (Å²) in [4.78, 5) is 20.5. The average Bonchev–Trinajstić information content (AvgIpc) is 2.98. The van der Waals surface area contributed by atoms with Crippen LogP contribution in [0, 0.1) is 0 Å². The summed E-state index contributed by atoms with van der Waals surface area (Å²) in [7, 11) is 0. The van der Waals surface area contributed by atoms with E-state index in [2.05, 4.69) is 11.6 Å². The summed E-state index contributed by atoms with van der Waals surface area (Å²) in [5, 5.41) is 1.57. The zero-order valence-corrected chi connectivity index (χ0v) is 14.8. The molecule has 6 heteroatoms. The van der Waals surface area contributed by atoms with Crippen LogP contribution < -0.4 is 4.90 Å². The molecule has 0 fully saturated rings. The number of carbonyl (C=O) groups excluding carboxylic acids is 1. The largest absolute Gasteiger partial charge is 0.280 e. The minimum absolute atomic E-state index is 0.205. The van der Waals surface area contributed by atoms with E-state index in [9.17, 15) is 4.79 Å². The Labute approximate surface area is 149 Å². The molecule has 1 aromatic heterocycles. The van der Waals surface area contributed by atoms with Crippen molar-refractivity contribution in [3.8, 4) is 0 Å². The fourth-order valence-corrected chi connectivity index (χ4v) is 4.16. The molecule has 0 aliphatic heterocycles. The molecular formula is C17H16Cl2N2OS. The van der Waals surface area contributed by atoms with Crippen LogP contribution in [-0.2, 0) is 12.8 Å². The molecule has 3 rings (SSSR count). The zero-order chi connectivity index (χ0) is 16.4. The third-order valence-electron chi connectivity index (χ3n) is 3.78. The van der Waals surface area contributed by atoms with Gasteiger partial charge in [-0.15, -0.1) is 17.9 Å². The second-order valence-corrected chi connectivity index (χ2v) is 7.31. The number of amides is 1. The summed E-state index contributed by atoms with van der Waals surface area (Å²) < 4.78 is 0. The van der Waals surface area contributed by atoms with Crippen LogP contribution in [0.3, 0.4) is 0 Å². The van der Waals surface area contributed by atoms with Crippen molar-refractivity contribution >= 4 is 45.6 Å². The molecule has 120 valence electrons. The van der Waals surface area contributed by atoms with Crippen molar-refractivity contribution in [2.24, 2.45) is 0 Å². The van der Waals surface area contributed by atoms with E-state index in [-0.39, 0.29) is 5.91 Å². The van der Waals surface area contributed by atoms with Crippen molar-refractivity contribution in [1.82, 2.24) is 4.98 Å². The Balaban J connectivity index is 1.97. The zero-order valence-electron chi connectivity index (χ0n) is 12.5. The molecule has 1 amide bonds. The fraction of sp³-hybridized carbons (Fsp3) is 0.294. The summed E-state index contributed by atoms with van der Waals surface area (Å²) in [6.07, 6.45) is 6.06. The van der Waals surface area contributed by atoms with Gasteiger partial charge in [0.25, 0.3) is 5.91 Å². The summed E-state index contributed by atoms with van der Waals surface area (Å²) in [5.74, 6) is -0.205. The standard InChI is InChI=1S/C17H16Cl2N2OS/c1-2-9-21(16(22)12-10-11(18)7-8-13(12)19)17-20-14-5-3-4-6-15(14)23-17/h2,7-8,10H,1,3-6,9H2. The highest BCUT2D eigenvalue weighted by molar-refractivity contribution is 7.16. The maximum atomic E-state index is 12.9. The number of fused-ring (bicyclic) bond motifs is 1. The van der Waals surface area contributed by atoms with Gasteiger partial charge in [0.2, 0.25) is 0 Å². The molecule has 23 heavy (non-hydrogen) atoms. The predicted octanol–water partition coefficient (Wildman–Crippen LogP) is 5.16. The molecule has 2 aromatic rings. The van der Waals surface area contributed by atoms with Gasteiger partial charge in [0.1, 0.15) is 0 Å². The van der Waals surface area contributed by atoms with Crippen LogP contribution in [0.1, 0.15) is 33.8 Å². The lowest BCUT2D eigenvalue weighted by atomic mass is 10.0. The van der Waals surface area contributed by atoms with Gasteiger partial charge in [-0.2, -0.15) is 0 Å². The van der Waals surface area contributed by atoms with Crippen molar-refractivity contribution in [3.05, 3.63) is 57.0 Å². The maximum Gasteiger partial charge on any atom is 0.261 e. The monoisotopic (exact) mass is 366 g/mol. The summed E-state index contributed by atoms with van der Waals surface area (Å²) in [6.45, 7) is 4.13. The van der Waals surface area contributed by atoms with Gasteiger partial charge in [-0.25, -0.2) is 4.98 Å². The number of aryl methyl sites for hydroxylation is 2.